The lowest BCUT2D eigenvalue weighted by Crippen LogP contribution is -2.49. The molecule has 0 radical (unpaired) electrons. The number of carbonyl (C=O) groups excluding carboxylic acids is 1. The van der Waals surface area contributed by atoms with Crippen LogP contribution in [0.1, 0.15) is 24.2 Å². The Morgan fingerprint density at radius 3 is 2.75 bits per heavy atom. The maximum atomic E-state index is 11.9. The highest BCUT2D eigenvalue weighted by Gasteiger charge is 2.31. The third-order valence-corrected chi connectivity index (χ3v) is 4.57. The van der Waals surface area contributed by atoms with E-state index >= 15 is 0 Å². The molecule has 1 aromatic heterocycles. The molecule has 1 saturated heterocycles. The van der Waals surface area contributed by atoms with Crippen LogP contribution in [0.5, 0.6) is 5.75 Å². The number of amides is 1. The van der Waals surface area contributed by atoms with Crippen molar-refractivity contribution in [1.29, 1.82) is 0 Å². The molecule has 1 aliphatic rings. The molecule has 3 rings (SSSR count). The van der Waals surface area contributed by atoms with Crippen LogP contribution in [0.2, 0.25) is 0 Å². The Kier molecular flexibility index (Phi) is 4.85. The number of aryl methyl sites for hydroxylation is 1. The van der Waals surface area contributed by atoms with Crippen molar-refractivity contribution in [3.63, 3.8) is 0 Å². The molecule has 0 N–H and O–H groups in total. The molecule has 0 spiro atoms. The van der Waals surface area contributed by atoms with E-state index in [4.69, 9.17) is 4.74 Å². The summed E-state index contributed by atoms with van der Waals surface area (Å²) in [7, 11) is 3.61. The molecule has 1 amide bonds. The van der Waals surface area contributed by atoms with Crippen LogP contribution < -0.4 is 4.74 Å². The van der Waals surface area contributed by atoms with E-state index in [0.717, 1.165) is 36.6 Å². The maximum absolute atomic E-state index is 11.9. The van der Waals surface area contributed by atoms with E-state index in [1.807, 2.05) is 47.1 Å². The number of methoxy groups -OCH3 is 1. The van der Waals surface area contributed by atoms with E-state index < -0.39 is 0 Å². The molecule has 0 bridgehead atoms. The molecular weight excluding hydrogens is 304 g/mol. The minimum Gasteiger partial charge on any atom is -0.496 e. The van der Waals surface area contributed by atoms with E-state index in [-0.39, 0.29) is 11.9 Å². The zero-order chi connectivity index (χ0) is 17.1. The van der Waals surface area contributed by atoms with Crippen molar-refractivity contribution < 1.29 is 9.53 Å². The fourth-order valence-electron chi connectivity index (χ4n) is 3.29. The summed E-state index contributed by atoms with van der Waals surface area (Å²) < 4.78 is 7.37. The summed E-state index contributed by atoms with van der Waals surface area (Å²) in [4.78, 5) is 16.1. The first-order valence-corrected chi connectivity index (χ1v) is 8.19. The first-order valence-electron chi connectivity index (χ1n) is 8.19. The molecule has 0 unspecified atom stereocenters. The standard InChI is InChI=1S/C18H24N4O2/c1-14(23)21-10-11-22(12-15-8-9-20(2)19-15)17(13-21)16-6-4-5-7-18(16)24-3/h4-9,17H,10-13H2,1-3H3/t17-/m1/s1. The summed E-state index contributed by atoms with van der Waals surface area (Å²) in [6, 6.07) is 10.2. The van der Waals surface area contributed by atoms with Gasteiger partial charge in [0.15, 0.2) is 0 Å². The highest BCUT2D eigenvalue weighted by atomic mass is 16.5. The van der Waals surface area contributed by atoms with Crippen LogP contribution in [0.4, 0.5) is 0 Å². The van der Waals surface area contributed by atoms with Gasteiger partial charge in [0.25, 0.3) is 0 Å². The number of ether oxygens (including phenoxy) is 1. The molecule has 6 heteroatoms. The number of para-hydroxylation sites is 1. The highest BCUT2D eigenvalue weighted by molar-refractivity contribution is 5.73. The smallest absolute Gasteiger partial charge is 0.219 e. The van der Waals surface area contributed by atoms with Crippen molar-refractivity contribution in [3.05, 3.63) is 47.8 Å². The predicted octanol–water partition coefficient (Wildman–Crippen LogP) is 1.83. The topological polar surface area (TPSA) is 50.6 Å². The van der Waals surface area contributed by atoms with Gasteiger partial charge in [0, 0.05) is 51.9 Å². The first-order chi connectivity index (χ1) is 11.6. The van der Waals surface area contributed by atoms with E-state index in [9.17, 15) is 4.79 Å². The normalized spacial score (nSPS) is 18.6. The monoisotopic (exact) mass is 328 g/mol. The summed E-state index contributed by atoms with van der Waals surface area (Å²) >= 11 is 0. The van der Waals surface area contributed by atoms with Crippen molar-refractivity contribution in [2.75, 3.05) is 26.7 Å². The second-order valence-corrected chi connectivity index (χ2v) is 6.17. The molecule has 6 nitrogen and oxygen atoms in total. The minimum atomic E-state index is 0.0980. The lowest BCUT2D eigenvalue weighted by atomic mass is 10.0. The molecule has 1 fully saturated rings. The minimum absolute atomic E-state index is 0.0980. The molecule has 128 valence electrons. The average molecular weight is 328 g/mol. The Balaban J connectivity index is 1.89. The molecule has 1 aliphatic heterocycles. The summed E-state index contributed by atoms with van der Waals surface area (Å²) in [5, 5.41) is 4.49. The summed E-state index contributed by atoms with van der Waals surface area (Å²) in [5.41, 5.74) is 2.15. The number of piperazine rings is 1. The van der Waals surface area contributed by atoms with Crippen LogP contribution >= 0.6 is 0 Å². The number of nitrogens with zero attached hydrogens (tertiary/aromatic N) is 4. The van der Waals surface area contributed by atoms with E-state index in [1.54, 1.807) is 14.0 Å². The Morgan fingerprint density at radius 1 is 1.29 bits per heavy atom. The van der Waals surface area contributed by atoms with E-state index in [2.05, 4.69) is 16.1 Å². The van der Waals surface area contributed by atoms with Gasteiger partial charge >= 0.3 is 0 Å². The molecule has 2 heterocycles. The van der Waals surface area contributed by atoms with Crippen molar-refractivity contribution in [3.8, 4) is 5.75 Å². The van der Waals surface area contributed by atoms with Crippen LogP contribution in [0.3, 0.4) is 0 Å². The van der Waals surface area contributed by atoms with Crippen LogP contribution in [0, 0.1) is 0 Å². The first kappa shape index (κ1) is 16.5. The lowest BCUT2D eigenvalue weighted by Gasteiger charge is -2.41. The van der Waals surface area contributed by atoms with Crippen molar-refractivity contribution >= 4 is 5.91 Å². The molecule has 24 heavy (non-hydrogen) atoms. The van der Waals surface area contributed by atoms with Gasteiger partial charge in [-0.05, 0) is 12.1 Å². The molecule has 0 aliphatic carbocycles. The van der Waals surface area contributed by atoms with Crippen LogP contribution in [-0.2, 0) is 18.4 Å². The zero-order valence-corrected chi connectivity index (χ0v) is 14.5. The van der Waals surface area contributed by atoms with Crippen LogP contribution in [-0.4, -0.2) is 52.2 Å². The lowest BCUT2D eigenvalue weighted by molar-refractivity contribution is -0.132. The van der Waals surface area contributed by atoms with Gasteiger partial charge in [0.1, 0.15) is 5.75 Å². The molecular formula is C18H24N4O2. The summed E-state index contributed by atoms with van der Waals surface area (Å²) in [6.07, 6.45) is 1.96. The number of carbonyl (C=O) groups is 1. The number of benzene rings is 1. The van der Waals surface area contributed by atoms with Gasteiger partial charge in [-0.1, -0.05) is 18.2 Å². The number of hydrogen-bond acceptors (Lipinski definition) is 4. The Morgan fingerprint density at radius 2 is 2.08 bits per heavy atom. The maximum Gasteiger partial charge on any atom is 0.219 e. The Labute approximate surface area is 142 Å². The molecule has 1 atom stereocenters. The largest absolute Gasteiger partial charge is 0.496 e. The van der Waals surface area contributed by atoms with Gasteiger partial charge in [-0.2, -0.15) is 5.10 Å². The predicted molar refractivity (Wildman–Crippen MR) is 91.6 cm³/mol. The van der Waals surface area contributed by atoms with Crippen LogP contribution in [0.25, 0.3) is 0 Å². The SMILES string of the molecule is COc1ccccc1[C@H]1CN(C(C)=O)CCN1Cc1ccn(C)n1. The second-order valence-electron chi connectivity index (χ2n) is 6.17. The van der Waals surface area contributed by atoms with Crippen molar-refractivity contribution in [2.45, 2.75) is 19.5 Å². The fourth-order valence-corrected chi connectivity index (χ4v) is 3.29. The number of aromatic nitrogens is 2. The van der Waals surface area contributed by atoms with Crippen molar-refractivity contribution in [1.82, 2.24) is 19.6 Å². The van der Waals surface area contributed by atoms with Gasteiger partial charge in [0.05, 0.1) is 18.8 Å². The van der Waals surface area contributed by atoms with Gasteiger partial charge in [-0.15, -0.1) is 0 Å². The summed E-state index contributed by atoms with van der Waals surface area (Å²) in [6.45, 7) is 4.62. The third-order valence-electron chi connectivity index (χ3n) is 4.57. The van der Waals surface area contributed by atoms with Gasteiger partial charge in [-0.3, -0.25) is 14.4 Å². The third kappa shape index (κ3) is 3.43. The number of hydrogen-bond donors (Lipinski definition) is 0. The summed E-state index contributed by atoms with van der Waals surface area (Å²) in [5.74, 6) is 0.978. The van der Waals surface area contributed by atoms with E-state index in [0.29, 0.717) is 6.54 Å². The highest BCUT2D eigenvalue weighted by Crippen LogP contribution is 2.33. The molecule has 2 aromatic rings. The molecule has 0 saturated carbocycles. The number of rotatable bonds is 4. The second kappa shape index (κ2) is 7.05. The van der Waals surface area contributed by atoms with Gasteiger partial charge < -0.3 is 9.64 Å². The fraction of sp³-hybridized carbons (Fsp3) is 0.444. The Hall–Kier alpha value is -2.34. The van der Waals surface area contributed by atoms with Gasteiger partial charge in [-0.25, -0.2) is 0 Å². The van der Waals surface area contributed by atoms with Crippen molar-refractivity contribution in [2.24, 2.45) is 7.05 Å². The average Bonchev–Trinajstić information content (AvgIpc) is 3.00. The molecule has 1 aromatic carbocycles. The van der Waals surface area contributed by atoms with E-state index in [1.165, 1.54) is 0 Å². The quantitative estimate of drug-likeness (QED) is 0.859. The van der Waals surface area contributed by atoms with Gasteiger partial charge in [0.2, 0.25) is 5.91 Å². The zero-order valence-electron chi connectivity index (χ0n) is 14.5. The Bertz CT molecular complexity index is 713. The van der Waals surface area contributed by atoms with Crippen LogP contribution in [0.15, 0.2) is 36.5 Å².